The summed E-state index contributed by atoms with van der Waals surface area (Å²) in [6.07, 6.45) is 2.66. The Bertz CT molecular complexity index is 557. The van der Waals surface area contributed by atoms with Crippen LogP contribution in [0.5, 0.6) is 0 Å². The molecule has 0 spiro atoms. The maximum absolute atomic E-state index is 13.6. The lowest BCUT2D eigenvalue weighted by molar-refractivity contribution is 0.102. The molecule has 0 bridgehead atoms. The Morgan fingerprint density at radius 2 is 2.15 bits per heavy atom. The largest absolute Gasteiger partial charge is 0.398 e. The molecule has 0 aliphatic heterocycles. The summed E-state index contributed by atoms with van der Waals surface area (Å²) in [4.78, 5) is -0.503. The molecule has 0 radical (unpaired) electrons. The molecule has 1 fully saturated rings. The van der Waals surface area contributed by atoms with Crippen LogP contribution in [0.25, 0.3) is 0 Å². The van der Waals surface area contributed by atoms with E-state index in [9.17, 15) is 17.9 Å². The van der Waals surface area contributed by atoms with Crippen LogP contribution >= 0.6 is 0 Å². The SMILES string of the molecule is Nc1cccc(F)c1S(=O)(=O)NCC1CCCC(O)C1. The summed E-state index contributed by atoms with van der Waals surface area (Å²) in [6.45, 7) is 0.188. The van der Waals surface area contributed by atoms with Crippen LogP contribution in [0.15, 0.2) is 23.1 Å². The summed E-state index contributed by atoms with van der Waals surface area (Å²) >= 11 is 0. The van der Waals surface area contributed by atoms with Crippen molar-refractivity contribution in [1.29, 1.82) is 0 Å². The second kappa shape index (κ2) is 6.07. The lowest BCUT2D eigenvalue weighted by atomic mass is 9.87. The van der Waals surface area contributed by atoms with Gasteiger partial charge in [0.2, 0.25) is 10.0 Å². The summed E-state index contributed by atoms with van der Waals surface area (Å²) in [5.74, 6) is -0.789. The number of nitrogens with two attached hydrogens (primary N) is 1. The number of sulfonamides is 1. The maximum Gasteiger partial charge on any atom is 0.245 e. The Balaban J connectivity index is 2.08. The van der Waals surface area contributed by atoms with Crippen molar-refractivity contribution in [3.8, 4) is 0 Å². The van der Waals surface area contributed by atoms with Gasteiger partial charge in [0.15, 0.2) is 0 Å². The minimum atomic E-state index is -3.97. The third-order valence-corrected chi connectivity index (χ3v) is 5.10. The Kier molecular flexibility index (Phi) is 4.62. The van der Waals surface area contributed by atoms with E-state index in [1.54, 1.807) is 0 Å². The second-order valence-electron chi connectivity index (χ2n) is 5.20. The van der Waals surface area contributed by atoms with Crippen LogP contribution in [0.3, 0.4) is 0 Å². The van der Waals surface area contributed by atoms with Crippen molar-refractivity contribution in [1.82, 2.24) is 4.72 Å². The number of nitrogen functional groups attached to an aromatic ring is 1. The van der Waals surface area contributed by atoms with Crippen molar-refractivity contribution in [3.63, 3.8) is 0 Å². The number of hydrogen-bond donors (Lipinski definition) is 3. The van der Waals surface area contributed by atoms with Crippen LogP contribution in [0, 0.1) is 11.7 Å². The van der Waals surface area contributed by atoms with Crippen molar-refractivity contribution in [2.24, 2.45) is 5.92 Å². The third-order valence-electron chi connectivity index (χ3n) is 3.58. The number of rotatable bonds is 4. The molecule has 1 aliphatic rings. The van der Waals surface area contributed by atoms with E-state index in [2.05, 4.69) is 4.72 Å². The van der Waals surface area contributed by atoms with Crippen LogP contribution in [-0.4, -0.2) is 26.2 Å². The van der Waals surface area contributed by atoms with E-state index in [4.69, 9.17) is 5.73 Å². The molecule has 2 atom stereocenters. The fourth-order valence-corrected chi connectivity index (χ4v) is 3.86. The van der Waals surface area contributed by atoms with Crippen LogP contribution in [0.2, 0.25) is 0 Å². The smallest absolute Gasteiger partial charge is 0.245 e. The Morgan fingerprint density at radius 1 is 1.40 bits per heavy atom. The van der Waals surface area contributed by atoms with Gasteiger partial charge in [-0.2, -0.15) is 0 Å². The van der Waals surface area contributed by atoms with Crippen molar-refractivity contribution < 1.29 is 17.9 Å². The van der Waals surface area contributed by atoms with Gasteiger partial charge in [-0.25, -0.2) is 17.5 Å². The van der Waals surface area contributed by atoms with E-state index in [1.165, 1.54) is 12.1 Å². The van der Waals surface area contributed by atoms with Gasteiger partial charge in [-0.3, -0.25) is 0 Å². The average molecular weight is 302 g/mol. The van der Waals surface area contributed by atoms with E-state index in [0.29, 0.717) is 6.42 Å². The molecule has 20 heavy (non-hydrogen) atoms. The zero-order valence-electron chi connectivity index (χ0n) is 11.0. The summed E-state index contributed by atoms with van der Waals surface area (Å²) < 4.78 is 40.2. The van der Waals surface area contributed by atoms with E-state index in [0.717, 1.165) is 25.3 Å². The van der Waals surface area contributed by atoms with Gasteiger partial charge in [0.05, 0.1) is 11.8 Å². The predicted octanol–water partition coefficient (Wildman–Crippen LogP) is 1.24. The van der Waals surface area contributed by atoms with Gasteiger partial charge < -0.3 is 10.8 Å². The topological polar surface area (TPSA) is 92.4 Å². The van der Waals surface area contributed by atoms with Gasteiger partial charge in [-0.15, -0.1) is 0 Å². The van der Waals surface area contributed by atoms with E-state index in [-0.39, 0.29) is 24.3 Å². The number of halogens is 1. The zero-order chi connectivity index (χ0) is 14.8. The molecule has 2 unspecified atom stereocenters. The predicted molar refractivity (Wildman–Crippen MR) is 74.0 cm³/mol. The van der Waals surface area contributed by atoms with Crippen LogP contribution in [-0.2, 0) is 10.0 Å². The Hall–Kier alpha value is -1.18. The number of hydrogen-bond acceptors (Lipinski definition) is 4. The van der Waals surface area contributed by atoms with Gasteiger partial charge in [-0.05, 0) is 37.3 Å². The first-order valence-corrected chi connectivity index (χ1v) is 8.10. The molecule has 1 aliphatic carbocycles. The highest BCUT2D eigenvalue weighted by molar-refractivity contribution is 7.89. The monoisotopic (exact) mass is 302 g/mol. The first-order chi connectivity index (χ1) is 9.40. The molecular weight excluding hydrogens is 283 g/mol. The molecule has 7 heteroatoms. The molecule has 0 heterocycles. The summed E-state index contributed by atoms with van der Waals surface area (Å²) in [5, 5.41) is 9.56. The van der Waals surface area contributed by atoms with Gasteiger partial charge >= 0.3 is 0 Å². The fraction of sp³-hybridized carbons (Fsp3) is 0.538. The zero-order valence-corrected chi connectivity index (χ0v) is 11.9. The first-order valence-electron chi connectivity index (χ1n) is 6.62. The van der Waals surface area contributed by atoms with Crippen molar-refractivity contribution in [2.75, 3.05) is 12.3 Å². The van der Waals surface area contributed by atoms with Crippen molar-refractivity contribution in [2.45, 2.75) is 36.7 Å². The van der Waals surface area contributed by atoms with Crippen molar-refractivity contribution in [3.05, 3.63) is 24.0 Å². The van der Waals surface area contributed by atoms with Crippen LogP contribution < -0.4 is 10.5 Å². The molecule has 1 aromatic carbocycles. The number of aliphatic hydroxyl groups excluding tert-OH is 1. The minimum absolute atomic E-state index is 0.0709. The number of nitrogens with one attached hydrogen (secondary N) is 1. The maximum atomic E-state index is 13.6. The summed E-state index contributed by atoms with van der Waals surface area (Å²) in [6, 6.07) is 3.78. The molecule has 112 valence electrons. The molecule has 0 saturated heterocycles. The quantitative estimate of drug-likeness (QED) is 0.730. The molecule has 2 rings (SSSR count). The number of benzene rings is 1. The van der Waals surface area contributed by atoms with E-state index >= 15 is 0 Å². The van der Waals surface area contributed by atoms with Gasteiger partial charge in [0.25, 0.3) is 0 Å². The number of anilines is 1. The molecule has 1 saturated carbocycles. The average Bonchev–Trinajstić information content (AvgIpc) is 2.36. The van der Waals surface area contributed by atoms with Crippen molar-refractivity contribution >= 4 is 15.7 Å². The fourth-order valence-electron chi connectivity index (χ4n) is 2.56. The Labute approximate surface area is 118 Å². The van der Waals surface area contributed by atoms with Gasteiger partial charge in [-0.1, -0.05) is 12.5 Å². The highest BCUT2D eigenvalue weighted by Crippen LogP contribution is 2.25. The molecule has 1 aromatic rings. The van der Waals surface area contributed by atoms with Gasteiger partial charge in [0.1, 0.15) is 10.7 Å². The minimum Gasteiger partial charge on any atom is -0.398 e. The molecule has 5 nitrogen and oxygen atoms in total. The normalized spacial score (nSPS) is 23.7. The summed E-state index contributed by atoms with van der Waals surface area (Å²) in [5.41, 5.74) is 5.43. The Morgan fingerprint density at radius 3 is 2.80 bits per heavy atom. The lowest BCUT2D eigenvalue weighted by Gasteiger charge is -2.25. The third kappa shape index (κ3) is 3.47. The molecule has 0 aromatic heterocycles. The molecular formula is C13H19FN2O3S. The van der Waals surface area contributed by atoms with E-state index < -0.39 is 20.7 Å². The molecule has 0 amide bonds. The standard InChI is InChI=1S/C13H19FN2O3S/c14-11-5-2-6-12(15)13(11)20(18,19)16-8-9-3-1-4-10(17)7-9/h2,5-6,9-10,16-17H,1,3-4,7-8,15H2. The highest BCUT2D eigenvalue weighted by atomic mass is 32.2. The summed E-state index contributed by atoms with van der Waals surface area (Å²) in [7, 11) is -3.97. The number of aliphatic hydroxyl groups is 1. The van der Waals surface area contributed by atoms with E-state index in [1.807, 2.05) is 0 Å². The first kappa shape index (κ1) is 15.2. The van der Waals surface area contributed by atoms with Crippen LogP contribution in [0.4, 0.5) is 10.1 Å². The lowest BCUT2D eigenvalue weighted by Crippen LogP contribution is -2.33. The van der Waals surface area contributed by atoms with Gasteiger partial charge in [0, 0.05) is 6.54 Å². The molecule has 4 N–H and O–H groups in total. The second-order valence-corrected chi connectivity index (χ2v) is 6.90. The van der Waals surface area contributed by atoms with Crippen LogP contribution in [0.1, 0.15) is 25.7 Å². The highest BCUT2D eigenvalue weighted by Gasteiger charge is 2.25.